The molecule has 1 amide bonds. The molecule has 1 heterocycles. The van der Waals surface area contributed by atoms with Gasteiger partial charge in [-0.1, -0.05) is 42.5 Å². The molecule has 0 unspecified atom stereocenters. The molecule has 3 rings (SSSR count). The van der Waals surface area contributed by atoms with Crippen LogP contribution in [-0.2, 0) is 16.0 Å². The molecule has 0 aliphatic carbocycles. The summed E-state index contributed by atoms with van der Waals surface area (Å²) in [5.74, 6) is -1.30. The van der Waals surface area contributed by atoms with Crippen LogP contribution in [0.25, 0.3) is 10.2 Å². The van der Waals surface area contributed by atoms with E-state index in [9.17, 15) is 14.7 Å². The highest BCUT2D eigenvalue weighted by molar-refractivity contribution is 7.18. The van der Waals surface area contributed by atoms with E-state index in [0.29, 0.717) is 18.4 Å². The maximum atomic E-state index is 12.1. The van der Waals surface area contributed by atoms with Crippen molar-refractivity contribution >= 4 is 33.4 Å². The van der Waals surface area contributed by atoms with E-state index < -0.39 is 12.0 Å². The number of para-hydroxylation sites is 1. The summed E-state index contributed by atoms with van der Waals surface area (Å²) in [6.45, 7) is 0. The van der Waals surface area contributed by atoms with Crippen LogP contribution in [0.5, 0.6) is 0 Å². The summed E-state index contributed by atoms with van der Waals surface area (Å²) in [5, 5.41) is 13.0. The molecule has 5 nitrogen and oxygen atoms in total. The molecule has 0 saturated heterocycles. The van der Waals surface area contributed by atoms with Crippen molar-refractivity contribution in [3.63, 3.8) is 0 Å². The molecule has 1 aromatic heterocycles. The first kappa shape index (κ1) is 18.1. The average molecular weight is 368 g/mol. The van der Waals surface area contributed by atoms with Gasteiger partial charge in [-0.15, -0.1) is 11.3 Å². The standard InChI is InChI=1S/C20H20N2O3S/c23-17(22-19(20(24)25)14-8-2-1-3-9-14)12-6-7-13-18-21-15-10-4-5-11-16(15)26-18/h1-5,8-11,19H,6-7,12-13H2,(H,22,23)(H,24,25)/t19-/m0/s1. The minimum absolute atomic E-state index is 0.245. The molecule has 3 aromatic rings. The van der Waals surface area contributed by atoms with Crippen LogP contribution in [0, 0.1) is 0 Å². The summed E-state index contributed by atoms with van der Waals surface area (Å²) in [6, 6.07) is 15.8. The van der Waals surface area contributed by atoms with Crippen molar-refractivity contribution in [2.75, 3.05) is 0 Å². The number of aryl methyl sites for hydroxylation is 1. The Labute approximate surface area is 155 Å². The Bertz CT molecular complexity index is 859. The maximum absolute atomic E-state index is 12.1. The van der Waals surface area contributed by atoms with Gasteiger partial charge in [-0.2, -0.15) is 0 Å². The number of carbonyl (C=O) groups excluding carboxylic acids is 1. The van der Waals surface area contributed by atoms with Crippen molar-refractivity contribution in [1.82, 2.24) is 10.3 Å². The first-order chi connectivity index (χ1) is 12.6. The number of nitrogens with one attached hydrogen (secondary N) is 1. The van der Waals surface area contributed by atoms with Crippen molar-refractivity contribution in [2.24, 2.45) is 0 Å². The third-order valence-corrected chi connectivity index (χ3v) is 5.16. The third-order valence-electron chi connectivity index (χ3n) is 4.07. The number of carboxylic acids is 1. The van der Waals surface area contributed by atoms with Crippen LogP contribution in [0.15, 0.2) is 54.6 Å². The van der Waals surface area contributed by atoms with Crippen LogP contribution in [-0.4, -0.2) is 22.0 Å². The fraction of sp³-hybridized carbons (Fsp3) is 0.250. The molecule has 0 radical (unpaired) electrons. The van der Waals surface area contributed by atoms with Gasteiger partial charge in [0.1, 0.15) is 0 Å². The number of fused-ring (bicyclic) bond motifs is 1. The van der Waals surface area contributed by atoms with Crippen LogP contribution in [0.2, 0.25) is 0 Å². The number of benzene rings is 2. The SMILES string of the molecule is O=C(CCCCc1nc2ccccc2s1)N[C@H](C(=O)O)c1ccccc1. The summed E-state index contributed by atoms with van der Waals surface area (Å²) in [5.41, 5.74) is 1.58. The summed E-state index contributed by atoms with van der Waals surface area (Å²) in [4.78, 5) is 28.1. The van der Waals surface area contributed by atoms with Gasteiger partial charge in [0.25, 0.3) is 0 Å². The van der Waals surface area contributed by atoms with Crippen LogP contribution in [0.4, 0.5) is 0 Å². The fourth-order valence-corrected chi connectivity index (χ4v) is 3.76. The Morgan fingerprint density at radius 3 is 2.50 bits per heavy atom. The quantitative estimate of drug-likeness (QED) is 0.590. The van der Waals surface area contributed by atoms with E-state index in [2.05, 4.69) is 16.4 Å². The van der Waals surface area contributed by atoms with E-state index >= 15 is 0 Å². The first-order valence-corrected chi connectivity index (χ1v) is 9.36. The number of carbonyl (C=O) groups is 2. The zero-order chi connectivity index (χ0) is 18.4. The molecule has 2 aromatic carbocycles. The molecular weight excluding hydrogens is 348 g/mol. The number of aliphatic carboxylic acids is 1. The topological polar surface area (TPSA) is 79.3 Å². The van der Waals surface area contributed by atoms with Gasteiger partial charge in [0.2, 0.25) is 5.91 Å². The van der Waals surface area contributed by atoms with Gasteiger partial charge in [0, 0.05) is 6.42 Å². The highest BCUT2D eigenvalue weighted by Crippen LogP contribution is 2.23. The van der Waals surface area contributed by atoms with E-state index in [1.54, 1.807) is 35.6 Å². The van der Waals surface area contributed by atoms with E-state index in [4.69, 9.17) is 0 Å². The Kier molecular flexibility index (Phi) is 5.96. The second kappa shape index (κ2) is 8.58. The fourth-order valence-electron chi connectivity index (χ4n) is 2.75. The van der Waals surface area contributed by atoms with Gasteiger partial charge in [0.15, 0.2) is 6.04 Å². The monoisotopic (exact) mass is 368 g/mol. The number of carboxylic acid groups (broad SMARTS) is 1. The number of rotatable bonds is 8. The predicted molar refractivity (Wildman–Crippen MR) is 102 cm³/mol. The smallest absolute Gasteiger partial charge is 0.330 e. The Morgan fingerprint density at radius 1 is 1.04 bits per heavy atom. The molecule has 0 aliphatic rings. The summed E-state index contributed by atoms with van der Waals surface area (Å²) in [7, 11) is 0. The third kappa shape index (κ3) is 4.67. The number of thiazole rings is 1. The number of amides is 1. The Balaban J connectivity index is 1.46. The van der Waals surface area contributed by atoms with Crippen LogP contribution < -0.4 is 5.32 Å². The average Bonchev–Trinajstić information content (AvgIpc) is 3.06. The van der Waals surface area contributed by atoms with Crippen molar-refractivity contribution in [3.05, 3.63) is 65.2 Å². The molecule has 2 N–H and O–H groups in total. The zero-order valence-electron chi connectivity index (χ0n) is 14.2. The first-order valence-electron chi connectivity index (χ1n) is 8.55. The molecule has 0 bridgehead atoms. The van der Waals surface area contributed by atoms with Gasteiger partial charge in [0.05, 0.1) is 15.2 Å². The molecular formula is C20H20N2O3S. The van der Waals surface area contributed by atoms with Crippen LogP contribution >= 0.6 is 11.3 Å². The minimum atomic E-state index is -1.06. The van der Waals surface area contributed by atoms with Crippen molar-refractivity contribution in [2.45, 2.75) is 31.7 Å². The van der Waals surface area contributed by atoms with Gasteiger partial charge >= 0.3 is 5.97 Å². The number of hydrogen-bond acceptors (Lipinski definition) is 4. The second-order valence-electron chi connectivity index (χ2n) is 6.03. The van der Waals surface area contributed by atoms with Crippen LogP contribution in [0.1, 0.15) is 35.9 Å². The highest BCUT2D eigenvalue weighted by atomic mass is 32.1. The second-order valence-corrected chi connectivity index (χ2v) is 7.15. The summed E-state index contributed by atoms with van der Waals surface area (Å²) >= 11 is 1.68. The van der Waals surface area contributed by atoms with Crippen molar-refractivity contribution < 1.29 is 14.7 Å². The molecule has 0 saturated carbocycles. The molecule has 134 valence electrons. The summed E-state index contributed by atoms with van der Waals surface area (Å²) in [6.07, 6.45) is 2.67. The van der Waals surface area contributed by atoms with E-state index in [1.165, 1.54) is 4.70 Å². The Hall–Kier alpha value is -2.73. The molecule has 1 atom stereocenters. The number of nitrogens with zero attached hydrogens (tertiary/aromatic N) is 1. The van der Waals surface area contributed by atoms with E-state index in [-0.39, 0.29) is 5.91 Å². The zero-order valence-corrected chi connectivity index (χ0v) is 15.0. The number of unbranched alkanes of at least 4 members (excludes halogenated alkanes) is 1. The van der Waals surface area contributed by atoms with Crippen molar-refractivity contribution in [3.8, 4) is 0 Å². The number of hydrogen-bond donors (Lipinski definition) is 2. The normalized spacial score (nSPS) is 12.0. The lowest BCUT2D eigenvalue weighted by atomic mass is 10.1. The summed E-state index contributed by atoms with van der Waals surface area (Å²) < 4.78 is 1.17. The molecule has 26 heavy (non-hydrogen) atoms. The molecule has 0 fully saturated rings. The molecule has 0 aliphatic heterocycles. The van der Waals surface area contributed by atoms with Crippen LogP contribution in [0.3, 0.4) is 0 Å². The van der Waals surface area contributed by atoms with Gasteiger partial charge in [-0.25, -0.2) is 9.78 Å². The van der Waals surface area contributed by atoms with Gasteiger partial charge in [-0.05, 0) is 37.0 Å². The lowest BCUT2D eigenvalue weighted by Crippen LogP contribution is -2.33. The lowest BCUT2D eigenvalue weighted by Gasteiger charge is -2.14. The highest BCUT2D eigenvalue weighted by Gasteiger charge is 2.21. The molecule has 6 heteroatoms. The van der Waals surface area contributed by atoms with Gasteiger partial charge < -0.3 is 10.4 Å². The Morgan fingerprint density at radius 2 is 1.77 bits per heavy atom. The van der Waals surface area contributed by atoms with E-state index in [1.807, 2.05) is 24.3 Å². The number of aromatic nitrogens is 1. The maximum Gasteiger partial charge on any atom is 0.330 e. The largest absolute Gasteiger partial charge is 0.479 e. The molecule has 0 spiro atoms. The lowest BCUT2D eigenvalue weighted by molar-refractivity contribution is -0.142. The minimum Gasteiger partial charge on any atom is -0.479 e. The van der Waals surface area contributed by atoms with E-state index in [0.717, 1.165) is 23.4 Å². The van der Waals surface area contributed by atoms with Crippen molar-refractivity contribution in [1.29, 1.82) is 0 Å². The van der Waals surface area contributed by atoms with Gasteiger partial charge in [-0.3, -0.25) is 4.79 Å². The predicted octanol–water partition coefficient (Wildman–Crippen LogP) is 3.95.